The highest BCUT2D eigenvalue weighted by atomic mass is 32.2. The molecule has 2 saturated heterocycles. The van der Waals surface area contributed by atoms with Crippen LogP contribution in [0.4, 0.5) is 28.0 Å². The molecule has 11 heteroatoms. The Labute approximate surface area is 161 Å². The van der Waals surface area contributed by atoms with E-state index in [1.165, 1.54) is 17.8 Å². The fourth-order valence-corrected chi connectivity index (χ4v) is 3.89. The predicted molar refractivity (Wildman–Crippen MR) is 95.3 cm³/mol. The number of thioether (sulfide) groups is 1. The third-order valence-electron chi connectivity index (χ3n) is 4.42. The maximum absolute atomic E-state index is 13.5. The van der Waals surface area contributed by atoms with Gasteiger partial charge in [0.1, 0.15) is 0 Å². The van der Waals surface area contributed by atoms with Crippen LogP contribution in [-0.2, 0) is 0 Å². The van der Waals surface area contributed by atoms with Gasteiger partial charge in [0.2, 0.25) is 0 Å². The summed E-state index contributed by atoms with van der Waals surface area (Å²) in [5.74, 6) is -1.03. The van der Waals surface area contributed by atoms with Crippen LogP contribution in [0.3, 0.4) is 0 Å². The summed E-state index contributed by atoms with van der Waals surface area (Å²) in [5.41, 5.74) is 0.336. The number of alkyl halides is 4. The first kappa shape index (κ1) is 18.9. The molecule has 6 nitrogen and oxygen atoms in total. The standard InChI is InChI=1S/C17H15F4N3O3S/c1-10-9-24(15(28-10)22-14(25)23-6-2-3-7-23)11-4-5-12-13(8-11)27-17(20,21)16(18,19)26-12/h4-5,8H,1-3,6-7,9H2. The second-order valence-corrected chi connectivity index (χ2v) is 7.61. The third-order valence-corrected chi connectivity index (χ3v) is 5.33. The van der Waals surface area contributed by atoms with Crippen LogP contribution in [0.5, 0.6) is 11.5 Å². The molecule has 28 heavy (non-hydrogen) atoms. The molecule has 1 aromatic rings. The average Bonchev–Trinajstić information content (AvgIpc) is 3.25. The number of nitrogens with zero attached hydrogens (tertiary/aromatic N) is 3. The third kappa shape index (κ3) is 3.27. The summed E-state index contributed by atoms with van der Waals surface area (Å²) in [6.45, 7) is 5.40. The minimum Gasteiger partial charge on any atom is -0.421 e. The quantitative estimate of drug-likeness (QED) is 0.639. The molecule has 2 fully saturated rings. The molecule has 0 aromatic heterocycles. The Bertz CT molecular complexity index is 871. The van der Waals surface area contributed by atoms with Crippen molar-refractivity contribution in [3.8, 4) is 11.5 Å². The minimum atomic E-state index is -4.80. The zero-order chi connectivity index (χ0) is 20.1. The van der Waals surface area contributed by atoms with Crippen molar-refractivity contribution < 1.29 is 31.8 Å². The number of anilines is 1. The number of hydrogen-bond acceptors (Lipinski definition) is 4. The molecular formula is C17H15F4N3O3S. The number of hydrogen-bond donors (Lipinski definition) is 0. The zero-order valence-electron chi connectivity index (χ0n) is 14.5. The SMILES string of the molecule is C=C1CN(c2ccc3c(c2)OC(F)(F)C(F)(F)O3)C(=NC(=O)N2CCCC2)S1. The highest BCUT2D eigenvalue weighted by Gasteiger charge is 2.66. The first-order valence-corrected chi connectivity index (χ1v) is 9.26. The number of benzene rings is 1. The predicted octanol–water partition coefficient (Wildman–Crippen LogP) is 4.28. The van der Waals surface area contributed by atoms with Crippen molar-refractivity contribution in [3.05, 3.63) is 29.7 Å². The second kappa shape index (κ2) is 6.57. The van der Waals surface area contributed by atoms with Gasteiger partial charge in [0.05, 0.1) is 6.54 Å². The van der Waals surface area contributed by atoms with E-state index in [1.54, 1.807) is 9.80 Å². The van der Waals surface area contributed by atoms with Crippen LogP contribution in [0.1, 0.15) is 12.8 Å². The second-order valence-electron chi connectivity index (χ2n) is 6.47. The molecule has 0 N–H and O–H groups in total. The Morgan fingerprint density at radius 2 is 1.75 bits per heavy atom. The lowest BCUT2D eigenvalue weighted by molar-refractivity contribution is -0.391. The van der Waals surface area contributed by atoms with Crippen LogP contribution in [0.25, 0.3) is 0 Å². The molecule has 4 rings (SSSR count). The van der Waals surface area contributed by atoms with E-state index >= 15 is 0 Å². The molecule has 150 valence electrons. The number of aliphatic imine (C=N–C) groups is 1. The summed E-state index contributed by atoms with van der Waals surface area (Å²) in [6, 6.07) is 3.27. The molecule has 3 aliphatic heterocycles. The maximum atomic E-state index is 13.5. The van der Waals surface area contributed by atoms with Crippen LogP contribution >= 0.6 is 11.8 Å². The molecule has 0 spiro atoms. The molecule has 2 amide bonds. The van der Waals surface area contributed by atoms with Gasteiger partial charge in [-0.3, -0.25) is 0 Å². The average molecular weight is 417 g/mol. The number of rotatable bonds is 1. The fraction of sp³-hybridized carbons (Fsp3) is 0.412. The molecule has 0 radical (unpaired) electrons. The van der Waals surface area contributed by atoms with Gasteiger partial charge in [-0.15, -0.1) is 0 Å². The van der Waals surface area contributed by atoms with Crippen molar-refractivity contribution in [1.29, 1.82) is 0 Å². The number of halogens is 4. The van der Waals surface area contributed by atoms with E-state index in [2.05, 4.69) is 21.0 Å². The summed E-state index contributed by atoms with van der Waals surface area (Å²) in [6.07, 6.45) is -7.74. The summed E-state index contributed by atoms with van der Waals surface area (Å²) < 4.78 is 61.7. The van der Waals surface area contributed by atoms with Crippen molar-refractivity contribution >= 4 is 28.6 Å². The van der Waals surface area contributed by atoms with Crippen molar-refractivity contribution in [2.24, 2.45) is 4.99 Å². The lowest BCUT2D eigenvalue weighted by Gasteiger charge is -2.32. The molecular weight excluding hydrogens is 402 g/mol. The number of carbonyl (C=O) groups is 1. The Balaban J connectivity index is 1.63. The number of carbonyl (C=O) groups excluding carboxylic acids is 1. The van der Waals surface area contributed by atoms with Crippen molar-refractivity contribution in [3.63, 3.8) is 0 Å². The first-order valence-electron chi connectivity index (χ1n) is 8.45. The van der Waals surface area contributed by atoms with E-state index in [9.17, 15) is 22.4 Å². The normalized spacial score (nSPS) is 24.1. The number of fused-ring (bicyclic) bond motifs is 1. The van der Waals surface area contributed by atoms with E-state index in [0.717, 1.165) is 25.0 Å². The Kier molecular flexibility index (Phi) is 4.44. The van der Waals surface area contributed by atoms with Crippen LogP contribution < -0.4 is 14.4 Å². The van der Waals surface area contributed by atoms with Gasteiger partial charge in [0.15, 0.2) is 16.7 Å². The highest BCUT2D eigenvalue weighted by Crippen LogP contribution is 2.48. The van der Waals surface area contributed by atoms with Gasteiger partial charge in [-0.1, -0.05) is 18.3 Å². The van der Waals surface area contributed by atoms with Crippen LogP contribution in [0.2, 0.25) is 0 Å². The van der Waals surface area contributed by atoms with Crippen LogP contribution in [-0.4, -0.2) is 48.0 Å². The molecule has 0 aliphatic carbocycles. The molecule has 0 unspecified atom stereocenters. The van der Waals surface area contributed by atoms with Gasteiger partial charge in [0, 0.05) is 29.7 Å². The topological polar surface area (TPSA) is 54.4 Å². The smallest absolute Gasteiger partial charge is 0.421 e. The number of urea groups is 1. The Hall–Kier alpha value is -2.43. The molecule has 3 heterocycles. The lowest BCUT2D eigenvalue weighted by atomic mass is 10.2. The van der Waals surface area contributed by atoms with Crippen LogP contribution in [0.15, 0.2) is 34.7 Å². The van der Waals surface area contributed by atoms with Crippen molar-refractivity contribution in [2.75, 3.05) is 24.5 Å². The number of likely N-dealkylation sites (tertiary alicyclic amines) is 1. The van der Waals surface area contributed by atoms with Crippen molar-refractivity contribution in [2.45, 2.75) is 25.1 Å². The van der Waals surface area contributed by atoms with Gasteiger partial charge in [-0.2, -0.15) is 22.6 Å². The first-order chi connectivity index (χ1) is 13.2. The summed E-state index contributed by atoms with van der Waals surface area (Å²) in [4.78, 5) is 20.3. The largest absolute Gasteiger partial charge is 0.507 e. The molecule has 0 saturated carbocycles. The monoisotopic (exact) mass is 417 g/mol. The Morgan fingerprint density at radius 1 is 1.11 bits per heavy atom. The summed E-state index contributed by atoms with van der Waals surface area (Å²) >= 11 is 1.19. The van der Waals surface area contributed by atoms with Gasteiger partial charge in [-0.05, 0) is 25.0 Å². The van der Waals surface area contributed by atoms with Gasteiger partial charge in [0.25, 0.3) is 0 Å². The van der Waals surface area contributed by atoms with E-state index in [-0.39, 0.29) is 12.6 Å². The van der Waals surface area contributed by atoms with Crippen LogP contribution in [0, 0.1) is 0 Å². The van der Waals surface area contributed by atoms with Gasteiger partial charge in [-0.25, -0.2) is 4.79 Å². The maximum Gasteiger partial charge on any atom is 0.507 e. The van der Waals surface area contributed by atoms with Gasteiger partial charge >= 0.3 is 18.2 Å². The van der Waals surface area contributed by atoms with Crippen molar-refractivity contribution in [1.82, 2.24) is 4.90 Å². The van der Waals surface area contributed by atoms with Gasteiger partial charge < -0.3 is 19.3 Å². The lowest BCUT2D eigenvalue weighted by Crippen LogP contribution is -2.52. The minimum absolute atomic E-state index is 0.281. The van der Waals surface area contributed by atoms with E-state index < -0.39 is 23.7 Å². The highest BCUT2D eigenvalue weighted by molar-refractivity contribution is 8.18. The Morgan fingerprint density at radius 3 is 2.43 bits per heavy atom. The van der Waals surface area contributed by atoms with E-state index in [0.29, 0.717) is 28.8 Å². The summed E-state index contributed by atoms with van der Waals surface area (Å²) in [5, 5.41) is 0.329. The fourth-order valence-electron chi connectivity index (χ4n) is 3.03. The van der Waals surface area contributed by atoms with E-state index in [4.69, 9.17) is 0 Å². The number of ether oxygens (including phenoxy) is 2. The molecule has 1 aromatic carbocycles. The number of amides is 2. The zero-order valence-corrected chi connectivity index (χ0v) is 15.3. The summed E-state index contributed by atoms with van der Waals surface area (Å²) in [7, 11) is 0. The number of amidine groups is 1. The molecule has 0 bridgehead atoms. The molecule has 0 atom stereocenters. The van der Waals surface area contributed by atoms with E-state index in [1.807, 2.05) is 0 Å². The molecule has 3 aliphatic rings.